The van der Waals surface area contributed by atoms with Gasteiger partial charge in [0, 0.05) is 25.2 Å². The van der Waals surface area contributed by atoms with Gasteiger partial charge in [-0.2, -0.15) is 23.4 Å². The first kappa shape index (κ1) is 25.6. The Bertz CT molecular complexity index is 1440. The van der Waals surface area contributed by atoms with E-state index in [1.807, 2.05) is 17.2 Å². The largest absolute Gasteiger partial charge is 0.497 e. The number of alkyl halides is 3. The monoisotopic (exact) mass is 540 g/mol. The second-order valence-electron chi connectivity index (χ2n) is 10.6. The lowest BCUT2D eigenvalue weighted by Gasteiger charge is -2.44. The summed E-state index contributed by atoms with van der Waals surface area (Å²) < 4.78 is 45.4. The molecule has 39 heavy (non-hydrogen) atoms. The molecule has 2 fully saturated rings. The number of anilines is 1. The first-order valence-electron chi connectivity index (χ1n) is 13.2. The van der Waals surface area contributed by atoms with Gasteiger partial charge in [0.05, 0.1) is 30.8 Å². The Kier molecular flexibility index (Phi) is 6.44. The molecule has 9 nitrogen and oxygen atoms in total. The van der Waals surface area contributed by atoms with E-state index in [2.05, 4.69) is 54.5 Å². The second kappa shape index (κ2) is 9.82. The summed E-state index contributed by atoms with van der Waals surface area (Å²) in [6.07, 6.45) is 3.83. The number of nitrogens with zero attached hydrogens (tertiary/aromatic N) is 5. The summed E-state index contributed by atoms with van der Waals surface area (Å²) in [7, 11) is 1.68. The predicted molar refractivity (Wildman–Crippen MR) is 140 cm³/mol. The Morgan fingerprint density at radius 2 is 1.87 bits per heavy atom. The summed E-state index contributed by atoms with van der Waals surface area (Å²) in [6, 6.07) is 8.92. The third-order valence-electron chi connectivity index (χ3n) is 8.50. The number of hydrogen-bond donors (Lipinski definition) is 3. The van der Waals surface area contributed by atoms with Gasteiger partial charge in [0.15, 0.2) is 0 Å². The van der Waals surface area contributed by atoms with Gasteiger partial charge < -0.3 is 15.0 Å². The fraction of sp³-hybridized carbons (Fsp3) is 0.481. The van der Waals surface area contributed by atoms with E-state index in [1.54, 1.807) is 13.3 Å². The summed E-state index contributed by atoms with van der Waals surface area (Å²) in [6.45, 7) is 3.89. The summed E-state index contributed by atoms with van der Waals surface area (Å²) in [5.74, 6) is 1.54. The number of fused-ring (bicyclic) bond motifs is 1. The SMILES string of the molecule is COc1ccc(C(C)NC2CCCC23CCN(c2cnc4c(-c5cn[nH]c5C(F)(F)F)[nH]nc4n2)CC3)cc1. The summed E-state index contributed by atoms with van der Waals surface area (Å²) in [5.41, 5.74) is 1.13. The molecule has 1 aliphatic carbocycles. The van der Waals surface area contributed by atoms with E-state index in [0.29, 0.717) is 11.9 Å². The second-order valence-corrected chi connectivity index (χ2v) is 10.6. The summed E-state index contributed by atoms with van der Waals surface area (Å²) in [4.78, 5) is 11.3. The van der Waals surface area contributed by atoms with Crippen LogP contribution in [0.3, 0.4) is 0 Å². The number of aromatic nitrogens is 6. The van der Waals surface area contributed by atoms with Gasteiger partial charge in [0.2, 0.25) is 5.65 Å². The number of hydrogen-bond acceptors (Lipinski definition) is 7. The summed E-state index contributed by atoms with van der Waals surface area (Å²) >= 11 is 0. The number of H-pyrrole nitrogens is 2. The molecule has 1 saturated carbocycles. The number of rotatable bonds is 6. The molecule has 0 radical (unpaired) electrons. The number of ether oxygens (including phenoxy) is 1. The molecule has 0 amide bonds. The van der Waals surface area contributed by atoms with Crippen LogP contribution in [0.4, 0.5) is 19.0 Å². The molecule has 0 bridgehead atoms. The molecule has 6 rings (SSSR count). The highest BCUT2D eigenvalue weighted by atomic mass is 19.4. The van der Waals surface area contributed by atoms with Crippen LogP contribution in [0.25, 0.3) is 22.4 Å². The lowest BCUT2D eigenvalue weighted by molar-refractivity contribution is -0.140. The first-order chi connectivity index (χ1) is 18.8. The zero-order chi connectivity index (χ0) is 27.2. The highest BCUT2D eigenvalue weighted by Gasteiger charge is 2.45. The predicted octanol–water partition coefficient (Wildman–Crippen LogP) is 5.26. The highest BCUT2D eigenvalue weighted by Crippen LogP contribution is 2.47. The van der Waals surface area contributed by atoms with Gasteiger partial charge in [0.25, 0.3) is 0 Å². The minimum atomic E-state index is -4.57. The Morgan fingerprint density at radius 3 is 2.59 bits per heavy atom. The molecule has 1 aromatic carbocycles. The smallest absolute Gasteiger partial charge is 0.433 e. The zero-order valence-corrected chi connectivity index (χ0v) is 21.8. The molecule has 1 spiro atoms. The fourth-order valence-electron chi connectivity index (χ4n) is 6.29. The molecule has 12 heteroatoms. The molecule has 4 aromatic rings. The lowest BCUT2D eigenvalue weighted by atomic mass is 9.73. The molecule has 1 aliphatic heterocycles. The van der Waals surface area contributed by atoms with Crippen molar-refractivity contribution in [2.45, 2.75) is 57.3 Å². The minimum absolute atomic E-state index is 0.129. The van der Waals surface area contributed by atoms with Crippen LogP contribution in [0.5, 0.6) is 5.75 Å². The fourth-order valence-corrected chi connectivity index (χ4v) is 6.29. The number of methoxy groups -OCH3 is 1. The van der Waals surface area contributed by atoms with Crippen LogP contribution in [0, 0.1) is 5.41 Å². The van der Waals surface area contributed by atoms with E-state index in [1.165, 1.54) is 18.4 Å². The zero-order valence-electron chi connectivity index (χ0n) is 21.8. The van der Waals surface area contributed by atoms with Crippen LogP contribution >= 0.6 is 0 Å². The number of aromatic amines is 2. The van der Waals surface area contributed by atoms with Gasteiger partial charge >= 0.3 is 6.18 Å². The molecular formula is C27H31F3N8O. The van der Waals surface area contributed by atoms with Gasteiger partial charge in [-0.15, -0.1) is 0 Å². The van der Waals surface area contributed by atoms with Crippen LogP contribution in [0.2, 0.25) is 0 Å². The van der Waals surface area contributed by atoms with Gasteiger partial charge in [-0.1, -0.05) is 18.6 Å². The topological polar surface area (TPSA) is 108 Å². The van der Waals surface area contributed by atoms with E-state index in [-0.39, 0.29) is 33.9 Å². The van der Waals surface area contributed by atoms with E-state index in [9.17, 15) is 13.2 Å². The molecule has 3 N–H and O–H groups in total. The van der Waals surface area contributed by atoms with E-state index < -0.39 is 11.9 Å². The third-order valence-corrected chi connectivity index (χ3v) is 8.50. The lowest BCUT2D eigenvalue weighted by Crippen LogP contribution is -2.49. The maximum absolute atomic E-state index is 13.4. The number of piperidine rings is 1. The van der Waals surface area contributed by atoms with Crippen molar-refractivity contribution in [1.29, 1.82) is 0 Å². The molecule has 1 saturated heterocycles. The molecular weight excluding hydrogens is 509 g/mol. The summed E-state index contributed by atoms with van der Waals surface area (Å²) in [5, 5.41) is 16.3. The van der Waals surface area contributed by atoms with Crippen LogP contribution in [-0.2, 0) is 6.18 Å². The first-order valence-corrected chi connectivity index (χ1v) is 13.2. The van der Waals surface area contributed by atoms with Crippen molar-refractivity contribution in [1.82, 2.24) is 35.7 Å². The van der Waals surface area contributed by atoms with Gasteiger partial charge in [-0.05, 0) is 55.7 Å². The molecule has 2 unspecified atom stereocenters. The number of benzene rings is 1. The Hall–Kier alpha value is -3.67. The standard InChI is InChI=1S/C27H31F3N8O/c1-16(17-5-7-18(39-2)8-6-17)33-20-4-3-9-26(20)10-12-38(13-11-26)21-15-31-23-22(35-37-25(23)34-21)19-14-32-36-24(19)27(28,29)30/h5-8,14-16,20,33H,3-4,9-13H2,1-2H3,(H,32,36)(H,34,35,37). The Morgan fingerprint density at radius 1 is 1.10 bits per heavy atom. The van der Waals surface area contributed by atoms with Crippen molar-refractivity contribution in [3.05, 3.63) is 47.9 Å². The van der Waals surface area contributed by atoms with Crippen LogP contribution in [0.1, 0.15) is 56.3 Å². The van der Waals surface area contributed by atoms with Crippen molar-refractivity contribution in [3.63, 3.8) is 0 Å². The van der Waals surface area contributed by atoms with Crippen LogP contribution in [-0.4, -0.2) is 56.6 Å². The molecule has 206 valence electrons. The van der Waals surface area contributed by atoms with Crippen molar-refractivity contribution >= 4 is 17.0 Å². The van der Waals surface area contributed by atoms with Crippen LogP contribution in [0.15, 0.2) is 36.7 Å². The van der Waals surface area contributed by atoms with E-state index in [4.69, 9.17) is 4.74 Å². The van der Waals surface area contributed by atoms with Gasteiger partial charge in [0.1, 0.15) is 22.8 Å². The Balaban J connectivity index is 1.15. The van der Waals surface area contributed by atoms with Crippen LogP contribution < -0.4 is 15.0 Å². The quantitative estimate of drug-likeness (QED) is 0.306. The van der Waals surface area contributed by atoms with E-state index in [0.717, 1.165) is 44.3 Å². The van der Waals surface area contributed by atoms with Gasteiger partial charge in [-0.3, -0.25) is 10.2 Å². The van der Waals surface area contributed by atoms with Crippen molar-refractivity contribution < 1.29 is 17.9 Å². The molecule has 2 aliphatic rings. The Labute approximate surface area is 223 Å². The average Bonchev–Trinajstić information content (AvgIpc) is 3.68. The van der Waals surface area contributed by atoms with Crippen molar-refractivity contribution in [3.8, 4) is 17.0 Å². The van der Waals surface area contributed by atoms with Crippen molar-refractivity contribution in [2.24, 2.45) is 5.41 Å². The highest BCUT2D eigenvalue weighted by molar-refractivity contribution is 5.88. The third kappa shape index (κ3) is 4.70. The minimum Gasteiger partial charge on any atom is -0.497 e. The van der Waals surface area contributed by atoms with Gasteiger partial charge in [-0.25, -0.2) is 9.97 Å². The molecule has 2 atom stereocenters. The number of halogens is 3. The van der Waals surface area contributed by atoms with Crippen molar-refractivity contribution in [2.75, 3.05) is 25.1 Å². The molecule has 4 heterocycles. The molecule has 3 aromatic heterocycles. The number of nitrogens with one attached hydrogen (secondary N) is 3. The normalized spacial score (nSPS) is 20.1. The van der Waals surface area contributed by atoms with E-state index >= 15 is 0 Å². The maximum Gasteiger partial charge on any atom is 0.433 e. The average molecular weight is 541 g/mol. The maximum atomic E-state index is 13.4.